The highest BCUT2D eigenvalue weighted by Gasteiger charge is 2.38. The summed E-state index contributed by atoms with van der Waals surface area (Å²) in [7, 11) is -4.21. The number of aliphatic carboxylic acids is 1. The Balaban J connectivity index is 0.000000698. The van der Waals surface area contributed by atoms with E-state index in [0.29, 0.717) is 24.2 Å². The van der Waals surface area contributed by atoms with Gasteiger partial charge < -0.3 is 20.5 Å². The number of nitrogens with zero attached hydrogens (tertiary/aromatic N) is 2. The van der Waals surface area contributed by atoms with Crippen LogP contribution in [0.4, 0.5) is 43.8 Å². The number of sulfonamides is 1. The van der Waals surface area contributed by atoms with E-state index in [1.54, 1.807) is 0 Å². The number of benzene rings is 3. The molecule has 0 bridgehead atoms. The zero-order valence-corrected chi connectivity index (χ0v) is 27.8. The van der Waals surface area contributed by atoms with Crippen molar-refractivity contribution in [2.75, 3.05) is 23.7 Å². The first-order valence-corrected chi connectivity index (χ1v) is 17.0. The monoisotopic (exact) mass is 777 g/mol. The smallest absolute Gasteiger partial charge is 0.475 e. The zero-order valence-electron chi connectivity index (χ0n) is 25.4. The van der Waals surface area contributed by atoms with Gasteiger partial charge in [0.15, 0.2) is 5.75 Å². The molecule has 1 heterocycles. The Bertz CT molecular complexity index is 1840. The number of para-hydroxylation sites is 2. The van der Waals surface area contributed by atoms with Crippen LogP contribution in [0.5, 0.6) is 5.75 Å². The highest BCUT2D eigenvalue weighted by Crippen LogP contribution is 2.34. The molecule has 0 spiro atoms. The Morgan fingerprint density at radius 1 is 0.878 bits per heavy atom. The molecule has 10 nitrogen and oxygen atoms in total. The summed E-state index contributed by atoms with van der Waals surface area (Å²) in [4.78, 5) is 17.7. The number of carbonyl (C=O) groups is 1. The van der Waals surface area contributed by atoms with Crippen LogP contribution in [0.3, 0.4) is 0 Å². The molecule has 5 rings (SSSR count). The van der Waals surface area contributed by atoms with Gasteiger partial charge in [0, 0.05) is 28.6 Å². The van der Waals surface area contributed by atoms with Gasteiger partial charge in [0.25, 0.3) is 0 Å². The Kier molecular flexibility index (Phi) is 12.3. The van der Waals surface area contributed by atoms with Crippen molar-refractivity contribution in [3.05, 3.63) is 77.3 Å². The lowest BCUT2D eigenvalue weighted by atomic mass is 9.82. The molecular weight excluding hydrogens is 748 g/mol. The van der Waals surface area contributed by atoms with E-state index < -0.39 is 39.2 Å². The van der Waals surface area contributed by atoms with Crippen molar-refractivity contribution >= 4 is 60.3 Å². The van der Waals surface area contributed by atoms with Crippen molar-refractivity contribution in [2.24, 2.45) is 11.8 Å². The number of hydrogen-bond acceptors (Lipinski definition) is 8. The lowest BCUT2D eigenvalue weighted by Gasteiger charge is -2.28. The molecule has 1 saturated carbocycles. The van der Waals surface area contributed by atoms with Gasteiger partial charge in [0.2, 0.25) is 16.0 Å². The summed E-state index contributed by atoms with van der Waals surface area (Å²) in [6.07, 6.45) is -6.82. The third kappa shape index (κ3) is 11.5. The van der Waals surface area contributed by atoms with E-state index in [0.717, 1.165) is 54.4 Å². The second-order valence-electron chi connectivity index (χ2n) is 11.0. The number of alkyl halides is 6. The Hall–Kier alpha value is -4.16. The van der Waals surface area contributed by atoms with Crippen molar-refractivity contribution < 1.29 is 49.4 Å². The largest absolute Gasteiger partial charge is 0.573 e. The number of fused-ring (bicyclic) bond motifs is 1. The molecule has 1 fully saturated rings. The van der Waals surface area contributed by atoms with E-state index in [9.17, 15) is 34.8 Å². The van der Waals surface area contributed by atoms with Gasteiger partial charge in [-0.05, 0) is 80.0 Å². The van der Waals surface area contributed by atoms with Crippen LogP contribution in [0.2, 0.25) is 0 Å². The first kappa shape index (κ1) is 37.7. The van der Waals surface area contributed by atoms with Crippen LogP contribution in [0.15, 0.2) is 82.2 Å². The normalized spacial score (nSPS) is 16.7. The fraction of sp³-hybridized carbons (Fsp3) is 0.323. The number of ether oxygens (including phenoxy) is 1. The number of nitrogens with one attached hydrogen (secondary N) is 3. The SMILES string of the molecule is O=C(O)C(F)(F)F.O=S(=O)(NCC1CCC(CNc2nc(Nc3ccccc3)c3ccccc3n2)CC1)c1ccc(Br)cc1OC(F)(F)F. The van der Waals surface area contributed by atoms with Gasteiger partial charge in [-0.3, -0.25) is 0 Å². The fourth-order valence-electron chi connectivity index (χ4n) is 5.00. The molecule has 3 aromatic carbocycles. The fourth-order valence-corrected chi connectivity index (χ4v) is 6.56. The van der Waals surface area contributed by atoms with Gasteiger partial charge >= 0.3 is 18.5 Å². The van der Waals surface area contributed by atoms with E-state index >= 15 is 0 Å². The Morgan fingerprint density at radius 3 is 2.08 bits per heavy atom. The molecule has 18 heteroatoms. The van der Waals surface area contributed by atoms with Crippen molar-refractivity contribution in [3.8, 4) is 5.75 Å². The molecule has 0 atom stereocenters. The molecular formula is C31H30BrF6N5O5S. The second-order valence-corrected chi connectivity index (χ2v) is 13.6. The predicted molar refractivity (Wildman–Crippen MR) is 173 cm³/mol. The second kappa shape index (κ2) is 16.0. The van der Waals surface area contributed by atoms with Crippen LogP contribution in [0.1, 0.15) is 25.7 Å². The van der Waals surface area contributed by atoms with E-state index in [1.807, 2.05) is 54.6 Å². The summed E-state index contributed by atoms with van der Waals surface area (Å²) in [6.45, 7) is 0.797. The van der Waals surface area contributed by atoms with Crippen LogP contribution in [-0.2, 0) is 14.8 Å². The Morgan fingerprint density at radius 2 is 1.47 bits per heavy atom. The standard InChI is InChI=1S/C29H29BrF3N5O3S.C2HF3O2/c30-21-14-15-26(25(16-21)41-29(31,32)33)42(39,40)35-18-20-12-10-19(11-13-20)17-34-28-37-24-9-5-4-8-23(24)27(38-28)36-22-6-2-1-3-7-22;3-2(4,5)1(6)7/h1-9,14-16,19-20,35H,10-13,17-18H2,(H2,34,36,37,38);(H,6,7). The van der Waals surface area contributed by atoms with Crippen LogP contribution >= 0.6 is 15.9 Å². The molecule has 4 N–H and O–H groups in total. The van der Waals surface area contributed by atoms with E-state index in [-0.39, 0.29) is 16.9 Å². The zero-order chi connectivity index (χ0) is 35.8. The Labute approximate surface area is 285 Å². The predicted octanol–water partition coefficient (Wildman–Crippen LogP) is 7.86. The van der Waals surface area contributed by atoms with E-state index in [1.165, 1.54) is 6.07 Å². The molecule has 1 aromatic heterocycles. The number of rotatable bonds is 10. The lowest BCUT2D eigenvalue weighted by molar-refractivity contribution is -0.275. The van der Waals surface area contributed by atoms with E-state index in [2.05, 4.69) is 41.0 Å². The summed E-state index contributed by atoms with van der Waals surface area (Å²) in [6, 6.07) is 21.0. The molecule has 264 valence electrons. The number of hydrogen-bond donors (Lipinski definition) is 4. The van der Waals surface area contributed by atoms with E-state index in [4.69, 9.17) is 14.9 Å². The molecule has 0 unspecified atom stereocenters. The minimum atomic E-state index is -5.08. The summed E-state index contributed by atoms with van der Waals surface area (Å²) in [5.41, 5.74) is 1.74. The van der Waals surface area contributed by atoms with Crippen molar-refractivity contribution in [3.63, 3.8) is 0 Å². The minimum Gasteiger partial charge on any atom is -0.475 e. The van der Waals surface area contributed by atoms with Crippen molar-refractivity contribution in [2.45, 2.75) is 43.1 Å². The molecule has 4 aromatic rings. The molecule has 0 amide bonds. The maximum atomic E-state index is 12.8. The number of halogens is 7. The highest BCUT2D eigenvalue weighted by atomic mass is 79.9. The molecule has 1 aliphatic carbocycles. The molecule has 0 aliphatic heterocycles. The maximum absolute atomic E-state index is 12.8. The number of carboxylic acid groups (broad SMARTS) is 1. The van der Waals surface area contributed by atoms with Gasteiger partial charge in [-0.15, -0.1) is 13.2 Å². The third-order valence-electron chi connectivity index (χ3n) is 7.38. The van der Waals surface area contributed by atoms with Gasteiger partial charge in [0.1, 0.15) is 10.7 Å². The van der Waals surface area contributed by atoms with Crippen molar-refractivity contribution in [1.29, 1.82) is 0 Å². The topological polar surface area (TPSA) is 143 Å². The highest BCUT2D eigenvalue weighted by molar-refractivity contribution is 9.10. The van der Waals surface area contributed by atoms with Crippen LogP contribution < -0.4 is 20.1 Å². The summed E-state index contributed by atoms with van der Waals surface area (Å²) in [5.74, 6) is -1.90. The lowest BCUT2D eigenvalue weighted by Crippen LogP contribution is -2.33. The first-order valence-electron chi connectivity index (χ1n) is 14.7. The first-order chi connectivity index (χ1) is 23.0. The molecule has 1 aliphatic rings. The number of carboxylic acids is 1. The molecule has 49 heavy (non-hydrogen) atoms. The maximum Gasteiger partial charge on any atom is 0.573 e. The number of aromatic nitrogens is 2. The van der Waals surface area contributed by atoms with Crippen LogP contribution in [0, 0.1) is 11.8 Å². The summed E-state index contributed by atoms with van der Waals surface area (Å²) < 4.78 is 103. The minimum absolute atomic E-state index is 0.0667. The molecule has 0 saturated heterocycles. The van der Waals surface area contributed by atoms with Gasteiger partial charge in [-0.1, -0.05) is 46.3 Å². The third-order valence-corrected chi connectivity index (χ3v) is 9.34. The van der Waals surface area contributed by atoms with Gasteiger partial charge in [-0.25, -0.2) is 22.9 Å². The van der Waals surface area contributed by atoms with Gasteiger partial charge in [-0.2, -0.15) is 18.2 Å². The average molecular weight is 779 g/mol. The number of anilines is 3. The van der Waals surface area contributed by atoms with Gasteiger partial charge in [0.05, 0.1) is 5.52 Å². The molecule has 0 radical (unpaired) electrons. The summed E-state index contributed by atoms with van der Waals surface area (Å²) >= 11 is 3.05. The van der Waals surface area contributed by atoms with Crippen LogP contribution in [0.25, 0.3) is 10.9 Å². The quantitative estimate of drug-likeness (QED) is 0.118. The summed E-state index contributed by atoms with van der Waals surface area (Å²) in [5, 5.41) is 14.8. The average Bonchev–Trinajstić information content (AvgIpc) is 3.03. The van der Waals surface area contributed by atoms with Crippen LogP contribution in [-0.4, -0.2) is 55.1 Å². The van der Waals surface area contributed by atoms with Crippen molar-refractivity contribution in [1.82, 2.24) is 14.7 Å².